The first-order chi connectivity index (χ1) is 9.63. The summed E-state index contributed by atoms with van der Waals surface area (Å²) >= 11 is 4.91. The SMILES string of the molecule is CCc1cccc(/C=C/c2[nH]c(=S)[nH]c(=O)c2C#N)c1. The molecule has 5 heteroatoms. The van der Waals surface area contributed by atoms with Crippen molar-refractivity contribution >= 4 is 24.4 Å². The van der Waals surface area contributed by atoms with Gasteiger partial charge in [0.25, 0.3) is 5.56 Å². The van der Waals surface area contributed by atoms with Crippen LogP contribution in [0.2, 0.25) is 0 Å². The van der Waals surface area contributed by atoms with Gasteiger partial charge in [0.1, 0.15) is 11.6 Å². The first-order valence-corrected chi connectivity index (χ1v) is 6.58. The van der Waals surface area contributed by atoms with Crippen LogP contribution in [-0.2, 0) is 6.42 Å². The van der Waals surface area contributed by atoms with Crippen molar-refractivity contribution in [3.8, 4) is 6.07 Å². The van der Waals surface area contributed by atoms with E-state index in [0.717, 1.165) is 12.0 Å². The second-order valence-electron chi connectivity index (χ2n) is 4.24. The number of hydrogen-bond donors (Lipinski definition) is 2. The predicted octanol–water partition coefficient (Wildman–Crippen LogP) is 3.04. The first kappa shape index (κ1) is 14.0. The van der Waals surface area contributed by atoms with E-state index in [4.69, 9.17) is 17.5 Å². The van der Waals surface area contributed by atoms with Gasteiger partial charge in [0.15, 0.2) is 4.77 Å². The zero-order valence-corrected chi connectivity index (χ0v) is 11.8. The lowest BCUT2D eigenvalue weighted by Gasteiger charge is -2.00. The van der Waals surface area contributed by atoms with E-state index in [9.17, 15) is 4.79 Å². The Bertz CT molecular complexity index is 809. The van der Waals surface area contributed by atoms with Crippen LogP contribution >= 0.6 is 12.2 Å². The molecule has 100 valence electrons. The molecule has 0 bridgehead atoms. The Morgan fingerprint density at radius 2 is 2.15 bits per heavy atom. The third-order valence-electron chi connectivity index (χ3n) is 2.89. The number of rotatable bonds is 3. The van der Waals surface area contributed by atoms with Gasteiger partial charge in [-0.15, -0.1) is 0 Å². The minimum Gasteiger partial charge on any atom is -0.331 e. The molecule has 0 amide bonds. The number of aromatic amines is 2. The standard InChI is InChI=1S/C15H13N3OS/c1-2-10-4-3-5-11(8-10)6-7-13-12(9-16)14(19)18-15(20)17-13/h3-8H,2H2,1H3,(H2,17,18,19,20)/b7-6+. The van der Waals surface area contributed by atoms with Gasteiger partial charge in [0.05, 0.1) is 5.69 Å². The molecule has 0 saturated heterocycles. The minimum absolute atomic E-state index is 0.0292. The van der Waals surface area contributed by atoms with Crippen molar-refractivity contribution in [1.82, 2.24) is 9.97 Å². The highest BCUT2D eigenvalue weighted by atomic mass is 32.1. The molecule has 2 aromatic rings. The predicted molar refractivity (Wildman–Crippen MR) is 81.7 cm³/mol. The Balaban J connectivity index is 2.44. The maximum Gasteiger partial charge on any atom is 0.270 e. The van der Waals surface area contributed by atoms with Crippen LogP contribution in [0.4, 0.5) is 0 Å². The van der Waals surface area contributed by atoms with E-state index in [-0.39, 0.29) is 10.3 Å². The fraction of sp³-hybridized carbons (Fsp3) is 0.133. The number of nitrogens with one attached hydrogen (secondary N) is 2. The summed E-state index contributed by atoms with van der Waals surface area (Å²) in [6, 6.07) is 9.93. The van der Waals surface area contributed by atoms with Crippen LogP contribution in [-0.4, -0.2) is 9.97 Å². The summed E-state index contributed by atoms with van der Waals surface area (Å²) in [5, 5.41) is 9.01. The van der Waals surface area contributed by atoms with E-state index in [1.54, 1.807) is 6.08 Å². The third kappa shape index (κ3) is 3.11. The molecular formula is C15H13N3OS. The number of aryl methyl sites for hydroxylation is 1. The molecule has 0 aliphatic carbocycles. The molecule has 1 aromatic carbocycles. The molecule has 4 nitrogen and oxygen atoms in total. The van der Waals surface area contributed by atoms with E-state index >= 15 is 0 Å². The molecule has 1 aromatic heterocycles. The molecule has 0 unspecified atom stereocenters. The van der Waals surface area contributed by atoms with E-state index in [1.807, 2.05) is 24.3 Å². The molecule has 0 atom stereocenters. The topological polar surface area (TPSA) is 72.4 Å². The van der Waals surface area contributed by atoms with Crippen LogP contribution in [0.25, 0.3) is 12.2 Å². The van der Waals surface area contributed by atoms with Gasteiger partial charge in [-0.25, -0.2) is 0 Å². The normalized spacial score (nSPS) is 10.6. The average Bonchev–Trinajstić information content (AvgIpc) is 2.45. The van der Waals surface area contributed by atoms with Crippen LogP contribution in [0.5, 0.6) is 0 Å². The maximum absolute atomic E-state index is 11.6. The summed E-state index contributed by atoms with van der Waals surface area (Å²) in [6.07, 6.45) is 4.50. The molecular weight excluding hydrogens is 270 g/mol. The Morgan fingerprint density at radius 1 is 1.35 bits per heavy atom. The van der Waals surface area contributed by atoms with Crippen molar-refractivity contribution in [2.75, 3.05) is 0 Å². The van der Waals surface area contributed by atoms with Crippen molar-refractivity contribution in [2.45, 2.75) is 13.3 Å². The number of nitrogens with zero attached hydrogens (tertiary/aromatic N) is 1. The molecule has 1 heterocycles. The fourth-order valence-corrected chi connectivity index (χ4v) is 2.04. The monoisotopic (exact) mass is 283 g/mol. The summed E-state index contributed by atoms with van der Waals surface area (Å²) in [4.78, 5) is 16.8. The highest BCUT2D eigenvalue weighted by Crippen LogP contribution is 2.10. The molecule has 2 rings (SSSR count). The van der Waals surface area contributed by atoms with Gasteiger partial charge in [0.2, 0.25) is 0 Å². The number of nitriles is 1. The van der Waals surface area contributed by atoms with Crippen LogP contribution in [0.3, 0.4) is 0 Å². The summed E-state index contributed by atoms with van der Waals surface area (Å²) in [7, 11) is 0. The Labute approximate surface area is 121 Å². The van der Waals surface area contributed by atoms with E-state index in [2.05, 4.69) is 29.0 Å². The van der Waals surface area contributed by atoms with Crippen molar-refractivity contribution in [3.63, 3.8) is 0 Å². The number of H-pyrrole nitrogens is 2. The summed E-state index contributed by atoms with van der Waals surface area (Å²) < 4.78 is 0.205. The Kier molecular flexibility index (Phi) is 4.28. The highest BCUT2D eigenvalue weighted by Gasteiger charge is 2.04. The van der Waals surface area contributed by atoms with Gasteiger partial charge in [0, 0.05) is 0 Å². The molecule has 0 radical (unpaired) electrons. The zero-order valence-electron chi connectivity index (χ0n) is 10.9. The van der Waals surface area contributed by atoms with Crippen LogP contribution in [0, 0.1) is 16.1 Å². The number of hydrogen-bond acceptors (Lipinski definition) is 3. The van der Waals surface area contributed by atoms with Gasteiger partial charge in [-0.1, -0.05) is 37.3 Å². The van der Waals surface area contributed by atoms with Gasteiger partial charge < -0.3 is 4.98 Å². The number of aromatic nitrogens is 2. The average molecular weight is 283 g/mol. The third-order valence-corrected chi connectivity index (χ3v) is 3.09. The van der Waals surface area contributed by atoms with Crippen LogP contribution in [0.1, 0.15) is 29.3 Å². The second-order valence-corrected chi connectivity index (χ2v) is 4.65. The summed E-state index contributed by atoms with van der Waals surface area (Å²) in [5.41, 5.74) is 2.21. The molecule has 0 fully saturated rings. The molecule has 0 saturated carbocycles. The molecule has 20 heavy (non-hydrogen) atoms. The van der Waals surface area contributed by atoms with E-state index in [0.29, 0.717) is 5.69 Å². The molecule has 2 N–H and O–H groups in total. The molecule has 0 spiro atoms. The molecule has 0 aliphatic rings. The maximum atomic E-state index is 11.6. The van der Waals surface area contributed by atoms with Crippen LogP contribution in [0.15, 0.2) is 29.1 Å². The Hall–Kier alpha value is -2.45. The van der Waals surface area contributed by atoms with Crippen LogP contribution < -0.4 is 5.56 Å². The quantitative estimate of drug-likeness (QED) is 0.850. The van der Waals surface area contributed by atoms with E-state index < -0.39 is 5.56 Å². The Morgan fingerprint density at radius 3 is 2.85 bits per heavy atom. The smallest absolute Gasteiger partial charge is 0.270 e. The highest BCUT2D eigenvalue weighted by molar-refractivity contribution is 7.71. The van der Waals surface area contributed by atoms with Gasteiger partial charge in [-0.2, -0.15) is 5.26 Å². The summed E-state index contributed by atoms with van der Waals surface area (Å²) in [5.74, 6) is 0. The summed E-state index contributed by atoms with van der Waals surface area (Å²) in [6.45, 7) is 2.09. The molecule has 0 aliphatic heterocycles. The van der Waals surface area contributed by atoms with E-state index in [1.165, 1.54) is 5.56 Å². The number of benzene rings is 1. The minimum atomic E-state index is -0.474. The van der Waals surface area contributed by atoms with Crippen molar-refractivity contribution in [2.24, 2.45) is 0 Å². The van der Waals surface area contributed by atoms with Gasteiger partial charge in [-0.3, -0.25) is 9.78 Å². The van der Waals surface area contributed by atoms with Gasteiger partial charge >= 0.3 is 0 Å². The lowest BCUT2D eigenvalue weighted by molar-refractivity contribution is 1.06. The van der Waals surface area contributed by atoms with Crippen molar-refractivity contribution < 1.29 is 0 Å². The zero-order chi connectivity index (χ0) is 14.5. The van der Waals surface area contributed by atoms with Gasteiger partial charge in [-0.05, 0) is 35.8 Å². The van der Waals surface area contributed by atoms with Crippen molar-refractivity contribution in [3.05, 3.63) is 61.8 Å². The second kappa shape index (κ2) is 6.13. The first-order valence-electron chi connectivity index (χ1n) is 6.17. The lowest BCUT2D eigenvalue weighted by atomic mass is 10.1. The van der Waals surface area contributed by atoms with Crippen molar-refractivity contribution in [1.29, 1.82) is 5.26 Å². The fourth-order valence-electron chi connectivity index (χ4n) is 1.84. The largest absolute Gasteiger partial charge is 0.331 e. The lowest BCUT2D eigenvalue weighted by Crippen LogP contribution is -2.13.